The lowest BCUT2D eigenvalue weighted by Gasteiger charge is -2.29. The summed E-state index contributed by atoms with van der Waals surface area (Å²) < 4.78 is 9.17. The molecule has 268 valence electrons. The summed E-state index contributed by atoms with van der Waals surface area (Å²) >= 11 is 0. The van der Waals surface area contributed by atoms with E-state index >= 15 is 0 Å². The zero-order chi connectivity index (χ0) is 37.7. The number of rotatable bonds is 7. The standard InChI is InChI=1S/C54H36N2O/c1-2-18-37(19-3-1)40-22-4-5-23-41(40)42-24-6-7-25-43(42)44-26-8-12-31-49(44)56(52-34-17-30-48-47-29-11-15-35-53(47)57-54(48)52)39-21-16-20-38(36-39)55-50-32-13-9-27-45(50)46-28-10-14-33-51(46)55/h1-36H. The van der Waals surface area contributed by atoms with Gasteiger partial charge in [-0.2, -0.15) is 0 Å². The predicted octanol–water partition coefficient (Wildman–Crippen LogP) is 15.2. The second-order valence-electron chi connectivity index (χ2n) is 14.5. The van der Waals surface area contributed by atoms with E-state index in [1.54, 1.807) is 0 Å². The van der Waals surface area contributed by atoms with E-state index in [1.165, 1.54) is 44.1 Å². The monoisotopic (exact) mass is 728 g/mol. The summed E-state index contributed by atoms with van der Waals surface area (Å²) in [5.74, 6) is 0. The Hall–Kier alpha value is -7.62. The maximum Gasteiger partial charge on any atom is 0.159 e. The van der Waals surface area contributed by atoms with Crippen LogP contribution in [-0.4, -0.2) is 4.57 Å². The van der Waals surface area contributed by atoms with Crippen LogP contribution in [0.1, 0.15) is 0 Å². The summed E-state index contributed by atoms with van der Waals surface area (Å²) in [4.78, 5) is 2.39. The quantitative estimate of drug-likeness (QED) is 0.163. The third kappa shape index (κ3) is 5.43. The summed E-state index contributed by atoms with van der Waals surface area (Å²) in [6, 6.07) is 78.1. The molecule has 57 heavy (non-hydrogen) atoms. The molecule has 0 bridgehead atoms. The Morgan fingerprint density at radius 1 is 0.351 bits per heavy atom. The first kappa shape index (κ1) is 32.8. The van der Waals surface area contributed by atoms with E-state index < -0.39 is 0 Å². The second kappa shape index (κ2) is 13.6. The number of hydrogen-bond donors (Lipinski definition) is 0. The number of nitrogens with zero attached hydrogens (tertiary/aromatic N) is 2. The van der Waals surface area contributed by atoms with E-state index in [9.17, 15) is 0 Å². The van der Waals surface area contributed by atoms with E-state index in [0.29, 0.717) is 0 Å². The molecule has 0 N–H and O–H groups in total. The van der Waals surface area contributed by atoms with Crippen LogP contribution in [0.4, 0.5) is 17.1 Å². The normalized spacial score (nSPS) is 11.5. The van der Waals surface area contributed by atoms with E-state index in [-0.39, 0.29) is 0 Å². The molecule has 0 fully saturated rings. The molecular formula is C54H36N2O. The van der Waals surface area contributed by atoms with E-state index in [0.717, 1.165) is 55.8 Å². The summed E-state index contributed by atoms with van der Waals surface area (Å²) in [6.45, 7) is 0. The third-order valence-corrected chi connectivity index (χ3v) is 11.2. The van der Waals surface area contributed by atoms with Gasteiger partial charge < -0.3 is 13.9 Å². The average Bonchev–Trinajstić information content (AvgIpc) is 3.84. The van der Waals surface area contributed by atoms with Crippen molar-refractivity contribution in [3.8, 4) is 39.1 Å². The molecule has 0 aliphatic heterocycles. The van der Waals surface area contributed by atoms with Crippen molar-refractivity contribution < 1.29 is 4.42 Å². The van der Waals surface area contributed by atoms with Crippen molar-refractivity contribution in [3.05, 3.63) is 218 Å². The number of benzene rings is 9. The van der Waals surface area contributed by atoms with Gasteiger partial charge in [-0.05, 0) is 76.3 Å². The van der Waals surface area contributed by atoms with Crippen LogP contribution >= 0.6 is 0 Å². The number of furan rings is 1. The van der Waals surface area contributed by atoms with Crippen LogP contribution in [0, 0.1) is 0 Å². The first-order valence-electron chi connectivity index (χ1n) is 19.4. The molecule has 3 nitrogen and oxygen atoms in total. The fourth-order valence-corrected chi connectivity index (χ4v) is 8.72. The minimum absolute atomic E-state index is 0.846. The molecule has 2 aromatic heterocycles. The van der Waals surface area contributed by atoms with Crippen molar-refractivity contribution in [2.24, 2.45) is 0 Å². The predicted molar refractivity (Wildman–Crippen MR) is 239 cm³/mol. The van der Waals surface area contributed by atoms with Gasteiger partial charge in [0, 0.05) is 38.5 Å². The highest BCUT2D eigenvalue weighted by molar-refractivity contribution is 6.12. The SMILES string of the molecule is c1ccc(-c2ccccc2-c2ccccc2-c2ccccc2N(c2cccc(-n3c4ccccc4c4ccccc43)c2)c2cccc3c2oc2ccccc23)cc1. The van der Waals surface area contributed by atoms with Gasteiger partial charge in [0.25, 0.3) is 0 Å². The lowest BCUT2D eigenvalue weighted by molar-refractivity contribution is 0.669. The van der Waals surface area contributed by atoms with Gasteiger partial charge in [-0.3, -0.25) is 0 Å². The summed E-state index contributed by atoms with van der Waals surface area (Å²) in [5.41, 5.74) is 15.2. The first-order chi connectivity index (χ1) is 28.3. The minimum atomic E-state index is 0.846. The highest BCUT2D eigenvalue weighted by Gasteiger charge is 2.24. The topological polar surface area (TPSA) is 21.3 Å². The Morgan fingerprint density at radius 2 is 0.860 bits per heavy atom. The molecule has 0 saturated heterocycles. The van der Waals surface area contributed by atoms with Gasteiger partial charge in [-0.15, -0.1) is 0 Å². The van der Waals surface area contributed by atoms with Gasteiger partial charge in [0.1, 0.15) is 5.58 Å². The molecule has 3 heteroatoms. The fraction of sp³-hybridized carbons (Fsp3) is 0. The molecule has 0 spiro atoms. The van der Waals surface area contributed by atoms with E-state index in [1.807, 2.05) is 6.07 Å². The summed E-state index contributed by atoms with van der Waals surface area (Å²) in [5, 5.41) is 4.66. The molecule has 0 aliphatic rings. The Labute approximate surface area is 330 Å². The van der Waals surface area contributed by atoms with Crippen molar-refractivity contribution in [1.29, 1.82) is 0 Å². The summed E-state index contributed by atoms with van der Waals surface area (Å²) in [6.07, 6.45) is 0. The molecule has 11 aromatic rings. The van der Waals surface area contributed by atoms with E-state index in [2.05, 4.69) is 222 Å². The lowest BCUT2D eigenvalue weighted by Crippen LogP contribution is -2.12. The molecule has 9 aromatic carbocycles. The van der Waals surface area contributed by atoms with Crippen LogP contribution in [0.2, 0.25) is 0 Å². The highest BCUT2D eigenvalue weighted by Crippen LogP contribution is 2.48. The van der Waals surface area contributed by atoms with E-state index in [4.69, 9.17) is 4.42 Å². The van der Waals surface area contributed by atoms with Gasteiger partial charge in [-0.25, -0.2) is 0 Å². The van der Waals surface area contributed by atoms with Crippen LogP contribution in [0.5, 0.6) is 0 Å². The molecule has 0 atom stereocenters. The average molecular weight is 729 g/mol. The zero-order valence-electron chi connectivity index (χ0n) is 31.1. The Morgan fingerprint density at radius 3 is 1.60 bits per heavy atom. The van der Waals surface area contributed by atoms with Gasteiger partial charge in [-0.1, -0.05) is 170 Å². The Balaban J connectivity index is 1.17. The van der Waals surface area contributed by atoms with Crippen molar-refractivity contribution >= 4 is 60.8 Å². The maximum absolute atomic E-state index is 6.78. The first-order valence-corrected chi connectivity index (χ1v) is 19.4. The van der Waals surface area contributed by atoms with Crippen LogP contribution < -0.4 is 4.90 Å². The Kier molecular flexibility index (Phi) is 7.82. The number of para-hydroxylation sites is 5. The number of hydrogen-bond acceptors (Lipinski definition) is 2. The molecule has 0 unspecified atom stereocenters. The zero-order valence-corrected chi connectivity index (χ0v) is 31.1. The van der Waals surface area contributed by atoms with Crippen molar-refractivity contribution in [3.63, 3.8) is 0 Å². The minimum Gasteiger partial charge on any atom is -0.454 e. The molecule has 2 heterocycles. The number of aromatic nitrogens is 1. The van der Waals surface area contributed by atoms with Crippen LogP contribution in [-0.2, 0) is 0 Å². The number of anilines is 3. The second-order valence-corrected chi connectivity index (χ2v) is 14.5. The molecule has 0 amide bonds. The van der Waals surface area contributed by atoms with Gasteiger partial charge >= 0.3 is 0 Å². The van der Waals surface area contributed by atoms with Gasteiger partial charge in [0.05, 0.1) is 22.4 Å². The largest absolute Gasteiger partial charge is 0.454 e. The molecular weight excluding hydrogens is 693 g/mol. The van der Waals surface area contributed by atoms with Crippen molar-refractivity contribution in [2.75, 3.05) is 4.90 Å². The molecule has 0 aliphatic carbocycles. The smallest absolute Gasteiger partial charge is 0.159 e. The van der Waals surface area contributed by atoms with Crippen molar-refractivity contribution in [1.82, 2.24) is 4.57 Å². The number of fused-ring (bicyclic) bond motifs is 6. The Bertz CT molecular complexity index is 3210. The molecule has 0 saturated carbocycles. The van der Waals surface area contributed by atoms with Gasteiger partial charge in [0.2, 0.25) is 0 Å². The fourth-order valence-electron chi connectivity index (χ4n) is 8.72. The van der Waals surface area contributed by atoms with Crippen LogP contribution in [0.15, 0.2) is 223 Å². The van der Waals surface area contributed by atoms with Gasteiger partial charge in [0.15, 0.2) is 5.58 Å². The summed E-state index contributed by atoms with van der Waals surface area (Å²) in [7, 11) is 0. The lowest BCUT2D eigenvalue weighted by atomic mass is 9.88. The molecule has 0 radical (unpaired) electrons. The van der Waals surface area contributed by atoms with Crippen LogP contribution in [0.25, 0.3) is 82.8 Å². The van der Waals surface area contributed by atoms with Crippen LogP contribution in [0.3, 0.4) is 0 Å². The third-order valence-electron chi connectivity index (χ3n) is 11.2. The van der Waals surface area contributed by atoms with Crippen molar-refractivity contribution in [2.45, 2.75) is 0 Å². The molecule has 11 rings (SSSR count). The maximum atomic E-state index is 6.78. The highest BCUT2D eigenvalue weighted by atomic mass is 16.3.